The number of hydrogen-bond acceptors (Lipinski definition) is 0. The van der Waals surface area contributed by atoms with E-state index in [1.165, 1.54) is 76.8 Å². The molecule has 0 aromatic heterocycles. The van der Waals surface area contributed by atoms with Crippen LogP contribution in [0, 0.1) is 17.9 Å². The van der Waals surface area contributed by atoms with Crippen molar-refractivity contribution < 1.29 is 49.0 Å². The van der Waals surface area contributed by atoms with Crippen LogP contribution >= 0.6 is 0 Å². The Labute approximate surface area is 283 Å². The Bertz CT molecular complexity index is 1450. The molecule has 1 aliphatic rings. The largest absolute Gasteiger partial charge is 1.00 e. The molecular weight excluding hydrogens is 631 g/mol. The molecule has 0 amide bonds. The van der Waals surface area contributed by atoms with Crippen LogP contribution in [0.2, 0.25) is 0 Å². The molecule has 0 saturated carbocycles. The molecular formula is C39H48Cl2Zr-2. The SMILES string of the molecule is CC(C)(C)c1ccc2[cH-]c3ccc(C(C)(C)C)cc3c2c1.CC1=[C-]C(C)C=C1C(C)C.C[C](=[Zr+2])c1ccccc1.[Cl-].[Cl-]. The first-order valence-corrected chi connectivity index (χ1v) is 15.9. The average molecular weight is 679 g/mol. The molecule has 0 N–H and O–H groups in total. The van der Waals surface area contributed by atoms with Crippen LogP contribution < -0.4 is 24.8 Å². The summed E-state index contributed by atoms with van der Waals surface area (Å²) in [6, 6.07) is 26.6. The van der Waals surface area contributed by atoms with Gasteiger partial charge < -0.3 is 24.8 Å². The van der Waals surface area contributed by atoms with E-state index in [9.17, 15) is 0 Å². The summed E-state index contributed by atoms with van der Waals surface area (Å²) in [6.45, 7) is 24.6. The van der Waals surface area contributed by atoms with Gasteiger partial charge in [-0.3, -0.25) is 6.08 Å². The van der Waals surface area contributed by atoms with Gasteiger partial charge in [0.25, 0.3) is 0 Å². The molecule has 4 aromatic rings. The molecule has 4 aromatic carbocycles. The molecule has 224 valence electrons. The zero-order valence-corrected chi connectivity index (χ0v) is 31.4. The quantitative estimate of drug-likeness (QED) is 0.261. The number of benzene rings is 3. The van der Waals surface area contributed by atoms with Gasteiger partial charge in [-0.05, 0) is 10.8 Å². The maximum absolute atomic E-state index is 3.37. The Morgan fingerprint density at radius 2 is 1.24 bits per heavy atom. The monoisotopic (exact) mass is 676 g/mol. The molecule has 42 heavy (non-hydrogen) atoms. The zero-order chi connectivity index (χ0) is 29.8. The molecule has 0 bridgehead atoms. The van der Waals surface area contributed by atoms with Crippen molar-refractivity contribution in [3.05, 3.63) is 113 Å². The first-order chi connectivity index (χ1) is 18.6. The Hall–Kier alpha value is -1.66. The fourth-order valence-electron chi connectivity index (χ4n) is 5.11. The van der Waals surface area contributed by atoms with E-state index in [4.69, 9.17) is 0 Å². The van der Waals surface area contributed by atoms with Crippen LogP contribution in [-0.4, -0.2) is 3.21 Å². The average Bonchev–Trinajstić information content (AvgIpc) is 3.42. The molecule has 1 unspecified atom stereocenters. The van der Waals surface area contributed by atoms with Crippen molar-refractivity contribution in [2.45, 2.75) is 87.0 Å². The molecule has 0 heterocycles. The van der Waals surface area contributed by atoms with E-state index in [2.05, 4.69) is 155 Å². The van der Waals surface area contributed by atoms with Crippen LogP contribution in [0.3, 0.4) is 0 Å². The van der Waals surface area contributed by atoms with Gasteiger partial charge in [0.15, 0.2) is 0 Å². The van der Waals surface area contributed by atoms with Gasteiger partial charge in [-0.2, -0.15) is 11.6 Å². The smallest absolute Gasteiger partial charge is 1.00 e. The minimum Gasteiger partial charge on any atom is -1.00 e. The number of allylic oxidation sites excluding steroid dienone is 4. The van der Waals surface area contributed by atoms with E-state index in [0.717, 1.165) is 0 Å². The summed E-state index contributed by atoms with van der Waals surface area (Å²) >= 11 is 1.51. The second kappa shape index (κ2) is 15.9. The van der Waals surface area contributed by atoms with Crippen molar-refractivity contribution in [3.63, 3.8) is 0 Å². The van der Waals surface area contributed by atoms with Gasteiger partial charge in [0, 0.05) is 0 Å². The van der Waals surface area contributed by atoms with E-state index in [-0.39, 0.29) is 35.6 Å². The van der Waals surface area contributed by atoms with Gasteiger partial charge in [0.1, 0.15) is 0 Å². The van der Waals surface area contributed by atoms with Gasteiger partial charge in [-0.1, -0.05) is 116 Å². The van der Waals surface area contributed by atoms with Crippen LogP contribution in [0.1, 0.15) is 92.9 Å². The van der Waals surface area contributed by atoms with Crippen LogP contribution in [0.5, 0.6) is 0 Å². The van der Waals surface area contributed by atoms with Gasteiger partial charge in [-0.25, -0.2) is 5.57 Å². The fourth-order valence-corrected chi connectivity index (χ4v) is 5.52. The Balaban J connectivity index is 0.000000353. The third-order valence-electron chi connectivity index (χ3n) is 7.58. The topological polar surface area (TPSA) is 0 Å². The summed E-state index contributed by atoms with van der Waals surface area (Å²) < 4.78 is 1.46. The standard InChI is InChI=1S/C21H25.C10H15.C8H8.2ClH.Zr/c1-20(2,3)16-9-7-14-11-15-8-10-17(21(4,5)6)13-19(15)18(14)12-16;1-7(2)10-6-8(3)5-9(10)4;1-2-8-6-4-3-5-7-8;;;/h7-13H,1-6H3;6-8H,1-4H3;3-7H,1H3;2*1H;/q2*-1;;;;+2/p-2. The Morgan fingerprint density at radius 3 is 1.52 bits per heavy atom. The van der Waals surface area contributed by atoms with Gasteiger partial charge in [-0.15, -0.1) is 39.7 Å². The van der Waals surface area contributed by atoms with Crippen molar-refractivity contribution in [2.75, 3.05) is 0 Å². The summed E-state index contributed by atoms with van der Waals surface area (Å²) in [5.74, 6) is 1.20. The van der Waals surface area contributed by atoms with Crippen LogP contribution in [0.25, 0.3) is 21.5 Å². The molecule has 0 radical (unpaired) electrons. The van der Waals surface area contributed by atoms with E-state index in [1.54, 1.807) is 0 Å². The third kappa shape index (κ3) is 10.2. The normalized spacial score (nSPS) is 14.6. The summed E-state index contributed by atoms with van der Waals surface area (Å²) in [4.78, 5) is 0. The van der Waals surface area contributed by atoms with Crippen molar-refractivity contribution in [2.24, 2.45) is 11.8 Å². The van der Waals surface area contributed by atoms with E-state index >= 15 is 0 Å². The number of fused-ring (bicyclic) bond motifs is 3. The summed E-state index contributed by atoms with van der Waals surface area (Å²) in [5, 5.41) is 5.49. The Kier molecular flexibility index (Phi) is 14.5. The van der Waals surface area contributed by atoms with E-state index in [1.807, 2.05) is 6.07 Å². The Morgan fingerprint density at radius 1 is 0.786 bits per heavy atom. The van der Waals surface area contributed by atoms with Crippen molar-refractivity contribution in [3.8, 4) is 0 Å². The first kappa shape index (κ1) is 38.4. The maximum Gasteiger partial charge on any atom is -1.00 e. The van der Waals surface area contributed by atoms with Crippen molar-refractivity contribution >= 4 is 24.8 Å². The molecule has 0 saturated heterocycles. The van der Waals surface area contributed by atoms with E-state index in [0.29, 0.717) is 11.8 Å². The second-order valence-electron chi connectivity index (χ2n) is 13.6. The molecule has 3 heteroatoms. The van der Waals surface area contributed by atoms with Gasteiger partial charge in [0.2, 0.25) is 0 Å². The van der Waals surface area contributed by atoms with Crippen LogP contribution in [0.15, 0.2) is 90.0 Å². The molecule has 0 nitrogen and oxygen atoms in total. The van der Waals surface area contributed by atoms with Crippen LogP contribution in [0.4, 0.5) is 0 Å². The van der Waals surface area contributed by atoms with Gasteiger partial charge >= 0.3 is 70.3 Å². The number of halogens is 2. The van der Waals surface area contributed by atoms with Crippen LogP contribution in [-0.2, 0) is 35.1 Å². The maximum atomic E-state index is 3.37. The van der Waals surface area contributed by atoms with E-state index < -0.39 is 0 Å². The molecule has 1 aliphatic carbocycles. The van der Waals surface area contributed by atoms with Crippen molar-refractivity contribution in [1.82, 2.24) is 0 Å². The molecule has 5 rings (SSSR count). The summed E-state index contributed by atoms with van der Waals surface area (Å²) in [6.07, 6.45) is 5.68. The molecule has 0 fully saturated rings. The number of hydrogen-bond donors (Lipinski definition) is 0. The molecule has 0 aliphatic heterocycles. The van der Waals surface area contributed by atoms with Gasteiger partial charge in [0.05, 0.1) is 0 Å². The predicted octanol–water partition coefficient (Wildman–Crippen LogP) is 5.06. The van der Waals surface area contributed by atoms with Crippen molar-refractivity contribution in [1.29, 1.82) is 0 Å². The molecule has 0 spiro atoms. The summed E-state index contributed by atoms with van der Waals surface area (Å²) in [7, 11) is 0. The third-order valence-corrected chi connectivity index (χ3v) is 8.28. The molecule has 1 atom stereocenters. The summed E-state index contributed by atoms with van der Waals surface area (Å²) in [5.41, 5.74) is 7.40. The number of rotatable bonds is 2. The predicted molar refractivity (Wildman–Crippen MR) is 175 cm³/mol. The fraction of sp³-hybridized carbons (Fsp3) is 0.385. The second-order valence-corrected chi connectivity index (χ2v) is 15.4. The first-order valence-electron chi connectivity index (χ1n) is 14.6. The minimum atomic E-state index is 0. The zero-order valence-electron chi connectivity index (χ0n) is 27.4. The minimum absolute atomic E-state index is 0.